The van der Waals surface area contributed by atoms with E-state index in [1.165, 1.54) is 0 Å². The third kappa shape index (κ3) is 3.21. The molecular weight excluding hydrogens is 334 g/mol. The zero-order chi connectivity index (χ0) is 15.6. The fourth-order valence-corrected chi connectivity index (χ4v) is 2.57. The molecule has 1 N–H and O–H groups in total. The number of nitrogens with zero attached hydrogens (tertiary/aromatic N) is 2. The molecule has 0 unspecified atom stereocenters. The van der Waals surface area contributed by atoms with Gasteiger partial charge in [-0.3, -0.25) is 15.1 Å². The first-order chi connectivity index (χ1) is 9.91. The molecule has 0 bridgehead atoms. The number of hydrogen-bond acceptors (Lipinski definition) is 4. The summed E-state index contributed by atoms with van der Waals surface area (Å²) < 4.78 is 1.02. The van der Waals surface area contributed by atoms with E-state index in [1.54, 1.807) is 20.0 Å². The van der Waals surface area contributed by atoms with Crippen molar-refractivity contribution < 1.29 is 4.92 Å². The molecule has 0 aliphatic carbocycles. The van der Waals surface area contributed by atoms with Crippen LogP contribution in [0.25, 0.3) is 0 Å². The molecule has 1 heterocycles. The molecular formula is C15H16BrN3O2. The van der Waals surface area contributed by atoms with E-state index >= 15 is 0 Å². The zero-order valence-corrected chi connectivity index (χ0v) is 13.7. The maximum atomic E-state index is 11.1. The summed E-state index contributed by atoms with van der Waals surface area (Å²) in [5, 5.41) is 14.4. The maximum Gasteiger partial charge on any atom is 0.278 e. The second kappa shape index (κ2) is 6.22. The van der Waals surface area contributed by atoms with Gasteiger partial charge in [-0.15, -0.1) is 0 Å². The Morgan fingerprint density at radius 1 is 1.29 bits per heavy atom. The van der Waals surface area contributed by atoms with E-state index in [1.807, 2.05) is 25.1 Å². The predicted molar refractivity (Wildman–Crippen MR) is 86.6 cm³/mol. The minimum absolute atomic E-state index is 0.146. The van der Waals surface area contributed by atoms with Crippen LogP contribution >= 0.6 is 15.9 Å². The molecule has 5 nitrogen and oxygen atoms in total. The number of rotatable bonds is 4. The van der Waals surface area contributed by atoms with E-state index < -0.39 is 0 Å². The molecule has 0 spiro atoms. The third-order valence-electron chi connectivity index (χ3n) is 3.47. The van der Waals surface area contributed by atoms with Crippen LogP contribution in [-0.2, 0) is 6.54 Å². The Hall–Kier alpha value is -1.95. The minimum atomic E-state index is -0.347. The second-order valence-corrected chi connectivity index (χ2v) is 5.74. The van der Waals surface area contributed by atoms with E-state index in [0.29, 0.717) is 23.4 Å². The summed E-state index contributed by atoms with van der Waals surface area (Å²) in [7, 11) is 0. The van der Waals surface area contributed by atoms with Crippen LogP contribution in [-0.4, -0.2) is 9.91 Å². The van der Waals surface area contributed by atoms with Crippen LogP contribution < -0.4 is 5.32 Å². The van der Waals surface area contributed by atoms with Crippen molar-refractivity contribution in [1.29, 1.82) is 0 Å². The van der Waals surface area contributed by atoms with Crippen molar-refractivity contribution in [1.82, 2.24) is 4.98 Å². The lowest BCUT2D eigenvalue weighted by atomic mass is 10.1. The lowest BCUT2D eigenvalue weighted by molar-refractivity contribution is -0.386. The Balaban J connectivity index is 2.27. The highest BCUT2D eigenvalue weighted by molar-refractivity contribution is 9.10. The number of pyridine rings is 1. The van der Waals surface area contributed by atoms with E-state index in [0.717, 1.165) is 15.7 Å². The fraction of sp³-hybridized carbons (Fsp3) is 0.267. The monoisotopic (exact) mass is 349 g/mol. The number of aryl methyl sites for hydroxylation is 1. The summed E-state index contributed by atoms with van der Waals surface area (Å²) in [4.78, 5) is 15.1. The molecule has 0 fully saturated rings. The number of hydrogen-bond donors (Lipinski definition) is 1. The largest absolute Gasteiger partial charge is 0.379 e. The van der Waals surface area contributed by atoms with Gasteiger partial charge in [0.05, 0.1) is 22.7 Å². The van der Waals surface area contributed by atoms with Gasteiger partial charge in [0.25, 0.3) is 5.69 Å². The Morgan fingerprint density at radius 3 is 2.67 bits per heavy atom. The second-order valence-electron chi connectivity index (χ2n) is 4.88. The molecule has 2 rings (SSSR count). The predicted octanol–water partition coefficient (Wildman–Crippen LogP) is 4.29. The van der Waals surface area contributed by atoms with E-state index in [2.05, 4.69) is 26.2 Å². The van der Waals surface area contributed by atoms with Crippen LogP contribution in [0, 0.1) is 30.9 Å². The SMILES string of the molecule is Cc1cnc(CNc2cccc(Br)c2C)c(C)c1[N+](=O)[O-]. The molecule has 0 saturated heterocycles. The molecule has 0 atom stereocenters. The highest BCUT2D eigenvalue weighted by atomic mass is 79.9. The molecule has 0 aliphatic rings. The van der Waals surface area contributed by atoms with Gasteiger partial charge < -0.3 is 5.32 Å². The number of nitro groups is 1. The van der Waals surface area contributed by atoms with Gasteiger partial charge in [0, 0.05) is 21.9 Å². The van der Waals surface area contributed by atoms with Gasteiger partial charge in [0.1, 0.15) is 0 Å². The zero-order valence-electron chi connectivity index (χ0n) is 12.1. The minimum Gasteiger partial charge on any atom is -0.379 e. The molecule has 0 amide bonds. The van der Waals surface area contributed by atoms with Gasteiger partial charge in [-0.25, -0.2) is 0 Å². The van der Waals surface area contributed by atoms with Crippen molar-refractivity contribution >= 4 is 27.3 Å². The Kier molecular flexibility index (Phi) is 4.57. The van der Waals surface area contributed by atoms with Crippen LogP contribution in [0.1, 0.15) is 22.4 Å². The molecule has 1 aromatic carbocycles. The molecule has 0 saturated carbocycles. The molecule has 110 valence electrons. The first-order valence-corrected chi connectivity index (χ1v) is 7.29. The number of benzene rings is 1. The molecule has 6 heteroatoms. The van der Waals surface area contributed by atoms with Gasteiger partial charge in [-0.1, -0.05) is 22.0 Å². The summed E-state index contributed by atoms with van der Waals surface area (Å²) >= 11 is 3.48. The standard InChI is InChI=1S/C15H16BrN3O2/c1-9-7-17-14(11(3)15(9)19(20)21)8-18-13-6-4-5-12(16)10(13)2/h4-7,18H,8H2,1-3H3. The van der Waals surface area contributed by atoms with E-state index in [4.69, 9.17) is 0 Å². The maximum absolute atomic E-state index is 11.1. The average Bonchev–Trinajstić information content (AvgIpc) is 2.42. The van der Waals surface area contributed by atoms with Crippen LogP contribution in [0.3, 0.4) is 0 Å². The van der Waals surface area contributed by atoms with Crippen LogP contribution in [0.4, 0.5) is 11.4 Å². The fourth-order valence-electron chi connectivity index (χ4n) is 2.20. The Labute approximate surface area is 131 Å². The van der Waals surface area contributed by atoms with Gasteiger partial charge in [-0.05, 0) is 38.5 Å². The number of nitrogens with one attached hydrogen (secondary N) is 1. The average molecular weight is 350 g/mol. The number of halogens is 1. The van der Waals surface area contributed by atoms with Crippen molar-refractivity contribution in [2.75, 3.05) is 5.32 Å². The molecule has 21 heavy (non-hydrogen) atoms. The van der Waals surface area contributed by atoms with Crippen molar-refractivity contribution in [3.05, 3.63) is 61.4 Å². The van der Waals surface area contributed by atoms with Crippen LogP contribution in [0.15, 0.2) is 28.9 Å². The normalized spacial score (nSPS) is 10.5. The van der Waals surface area contributed by atoms with Crippen LogP contribution in [0.5, 0.6) is 0 Å². The summed E-state index contributed by atoms with van der Waals surface area (Å²) in [6.07, 6.45) is 1.55. The van der Waals surface area contributed by atoms with Crippen molar-refractivity contribution in [2.45, 2.75) is 27.3 Å². The lowest BCUT2D eigenvalue weighted by Gasteiger charge is -2.12. The van der Waals surface area contributed by atoms with Crippen LogP contribution in [0.2, 0.25) is 0 Å². The summed E-state index contributed by atoms with van der Waals surface area (Å²) in [6.45, 7) is 5.89. The van der Waals surface area contributed by atoms with Gasteiger partial charge in [0.2, 0.25) is 0 Å². The summed E-state index contributed by atoms with van der Waals surface area (Å²) in [5.41, 5.74) is 4.10. The third-order valence-corrected chi connectivity index (χ3v) is 4.33. The van der Waals surface area contributed by atoms with E-state index in [-0.39, 0.29) is 10.6 Å². The first kappa shape index (κ1) is 15.4. The van der Waals surface area contributed by atoms with Crippen molar-refractivity contribution in [2.24, 2.45) is 0 Å². The van der Waals surface area contributed by atoms with E-state index in [9.17, 15) is 10.1 Å². The topological polar surface area (TPSA) is 68.1 Å². The summed E-state index contributed by atoms with van der Waals surface area (Å²) in [5.74, 6) is 0. The highest BCUT2D eigenvalue weighted by Crippen LogP contribution is 2.26. The quantitative estimate of drug-likeness (QED) is 0.660. The smallest absolute Gasteiger partial charge is 0.278 e. The van der Waals surface area contributed by atoms with Gasteiger partial charge in [0.15, 0.2) is 0 Å². The molecule has 1 aromatic heterocycles. The molecule has 0 aliphatic heterocycles. The summed E-state index contributed by atoms with van der Waals surface area (Å²) in [6, 6.07) is 5.88. The number of anilines is 1. The Bertz CT molecular complexity index is 702. The van der Waals surface area contributed by atoms with Crippen molar-refractivity contribution in [3.8, 4) is 0 Å². The highest BCUT2D eigenvalue weighted by Gasteiger charge is 2.18. The van der Waals surface area contributed by atoms with Gasteiger partial charge in [-0.2, -0.15) is 0 Å². The number of aromatic nitrogens is 1. The van der Waals surface area contributed by atoms with Gasteiger partial charge >= 0.3 is 0 Å². The lowest BCUT2D eigenvalue weighted by Crippen LogP contribution is -2.08. The Morgan fingerprint density at radius 2 is 2.00 bits per heavy atom. The molecule has 2 aromatic rings. The molecule has 0 radical (unpaired) electrons. The van der Waals surface area contributed by atoms with Crippen molar-refractivity contribution in [3.63, 3.8) is 0 Å². The first-order valence-electron chi connectivity index (χ1n) is 6.50.